The van der Waals surface area contributed by atoms with E-state index in [1.54, 1.807) is 4.90 Å². The Balaban J connectivity index is 1.63. The van der Waals surface area contributed by atoms with Crippen LogP contribution in [-0.4, -0.2) is 74.0 Å². The molecule has 3 rings (SSSR count). The van der Waals surface area contributed by atoms with Gasteiger partial charge in [0.2, 0.25) is 6.41 Å². The fourth-order valence-electron chi connectivity index (χ4n) is 4.18. The number of rotatable bonds is 10. The molecule has 6 nitrogen and oxygen atoms in total. The van der Waals surface area contributed by atoms with Crippen molar-refractivity contribution in [1.82, 2.24) is 14.7 Å². The second kappa shape index (κ2) is 12.2. The fraction of sp³-hybridized carbons (Fsp3) is 0.462. The number of hydrogen-bond acceptors (Lipinski definition) is 5. The number of amides is 1. The van der Waals surface area contributed by atoms with Crippen LogP contribution >= 0.6 is 11.6 Å². The first kappa shape index (κ1) is 25.2. The van der Waals surface area contributed by atoms with E-state index in [2.05, 4.69) is 46.7 Å². The highest BCUT2D eigenvalue weighted by Gasteiger charge is 2.23. The lowest BCUT2D eigenvalue weighted by molar-refractivity contribution is -0.107. The lowest BCUT2D eigenvalue weighted by Crippen LogP contribution is -2.46. The Morgan fingerprint density at radius 3 is 2.42 bits per heavy atom. The maximum absolute atomic E-state index is 11.7. The lowest BCUT2D eigenvalue weighted by Gasteiger charge is -2.38. The molecular formula is C26H34ClN5O. The quantitative estimate of drug-likeness (QED) is 0.494. The predicted molar refractivity (Wildman–Crippen MR) is 134 cm³/mol. The number of piperazine rings is 1. The summed E-state index contributed by atoms with van der Waals surface area (Å²) in [7, 11) is 2.04. The molecule has 0 N–H and O–H groups in total. The first-order valence-electron chi connectivity index (χ1n) is 11.6. The van der Waals surface area contributed by atoms with Crippen LogP contribution < -0.4 is 4.90 Å². The van der Waals surface area contributed by atoms with Gasteiger partial charge in [-0.1, -0.05) is 30.7 Å². The summed E-state index contributed by atoms with van der Waals surface area (Å²) in [5.41, 5.74) is 3.77. The van der Waals surface area contributed by atoms with Gasteiger partial charge in [-0.3, -0.25) is 14.6 Å². The van der Waals surface area contributed by atoms with Gasteiger partial charge in [-0.25, -0.2) is 0 Å². The molecule has 1 unspecified atom stereocenters. The smallest absolute Gasteiger partial charge is 0.214 e. The highest BCUT2D eigenvalue weighted by molar-refractivity contribution is 6.30. The summed E-state index contributed by atoms with van der Waals surface area (Å²) in [6, 6.07) is 16.5. The third-order valence-electron chi connectivity index (χ3n) is 6.63. The molecule has 176 valence electrons. The van der Waals surface area contributed by atoms with E-state index in [0.717, 1.165) is 62.0 Å². The largest absolute Gasteiger partial charge is 0.314 e. The van der Waals surface area contributed by atoms with E-state index >= 15 is 0 Å². The number of carbonyl (C=O) groups is 1. The van der Waals surface area contributed by atoms with Gasteiger partial charge in [0.15, 0.2) is 0 Å². The van der Waals surface area contributed by atoms with Gasteiger partial charge in [-0.05, 0) is 62.0 Å². The number of benzene rings is 2. The van der Waals surface area contributed by atoms with Crippen molar-refractivity contribution in [2.75, 3.05) is 57.8 Å². The van der Waals surface area contributed by atoms with Crippen LogP contribution in [0.15, 0.2) is 42.5 Å². The minimum atomic E-state index is 0.338. The van der Waals surface area contributed by atoms with Crippen molar-refractivity contribution in [2.24, 2.45) is 0 Å². The summed E-state index contributed by atoms with van der Waals surface area (Å²) >= 11 is 6.03. The zero-order valence-electron chi connectivity index (χ0n) is 19.9. The topological polar surface area (TPSA) is 53.8 Å². The molecule has 0 aliphatic carbocycles. The van der Waals surface area contributed by atoms with Gasteiger partial charge in [0.1, 0.15) is 0 Å². The average molecular weight is 468 g/mol. The van der Waals surface area contributed by atoms with E-state index in [4.69, 9.17) is 11.6 Å². The van der Waals surface area contributed by atoms with E-state index in [1.807, 2.05) is 37.4 Å². The number of carbonyl (C=O) groups excluding carboxylic acids is 1. The van der Waals surface area contributed by atoms with Gasteiger partial charge in [0, 0.05) is 62.6 Å². The molecule has 0 saturated carbocycles. The van der Waals surface area contributed by atoms with Crippen LogP contribution in [0.2, 0.25) is 5.02 Å². The molecule has 1 heterocycles. The Kier molecular flexibility index (Phi) is 9.28. The molecule has 0 aromatic heterocycles. The Labute approximate surface area is 202 Å². The van der Waals surface area contributed by atoms with E-state index in [9.17, 15) is 10.1 Å². The summed E-state index contributed by atoms with van der Waals surface area (Å²) in [4.78, 5) is 20.5. The predicted octanol–water partition coefficient (Wildman–Crippen LogP) is 4.00. The molecule has 0 spiro atoms. The van der Waals surface area contributed by atoms with Crippen molar-refractivity contribution in [3.63, 3.8) is 0 Å². The van der Waals surface area contributed by atoms with Gasteiger partial charge in [-0.15, -0.1) is 0 Å². The maximum Gasteiger partial charge on any atom is 0.214 e. The SMILES string of the molecule is CCN(C)CCN(C=O)c1ccc(C#N)c(CN2CCN(C(C)c3ccc(Cl)cc3)CC2)c1. The van der Waals surface area contributed by atoms with E-state index < -0.39 is 0 Å². The van der Waals surface area contributed by atoms with Gasteiger partial charge < -0.3 is 9.80 Å². The fourth-order valence-corrected chi connectivity index (χ4v) is 4.31. The van der Waals surface area contributed by atoms with Gasteiger partial charge >= 0.3 is 0 Å². The summed E-state index contributed by atoms with van der Waals surface area (Å²) in [5.74, 6) is 0. The Bertz CT molecular complexity index is 950. The van der Waals surface area contributed by atoms with E-state index in [0.29, 0.717) is 24.7 Å². The monoisotopic (exact) mass is 467 g/mol. The Hall–Kier alpha value is -2.43. The molecule has 2 aromatic carbocycles. The number of halogens is 1. The van der Waals surface area contributed by atoms with Crippen LogP contribution in [0.3, 0.4) is 0 Å². The molecule has 7 heteroatoms. The highest BCUT2D eigenvalue weighted by Crippen LogP contribution is 2.25. The molecule has 0 bridgehead atoms. The van der Waals surface area contributed by atoms with Crippen LogP contribution in [0, 0.1) is 11.3 Å². The third-order valence-corrected chi connectivity index (χ3v) is 6.88. The van der Waals surface area contributed by atoms with Crippen molar-refractivity contribution < 1.29 is 4.79 Å². The van der Waals surface area contributed by atoms with Gasteiger partial charge in [0.25, 0.3) is 0 Å². The minimum Gasteiger partial charge on any atom is -0.314 e. The number of hydrogen-bond donors (Lipinski definition) is 0. The molecule has 1 amide bonds. The van der Waals surface area contributed by atoms with Crippen molar-refractivity contribution in [1.29, 1.82) is 5.26 Å². The minimum absolute atomic E-state index is 0.338. The average Bonchev–Trinajstić information content (AvgIpc) is 2.85. The normalized spacial score (nSPS) is 15.9. The second-order valence-corrected chi connectivity index (χ2v) is 9.12. The molecule has 2 aromatic rings. The van der Waals surface area contributed by atoms with E-state index in [1.165, 1.54) is 5.56 Å². The van der Waals surface area contributed by atoms with Crippen molar-refractivity contribution in [3.8, 4) is 6.07 Å². The number of nitriles is 1. The summed E-state index contributed by atoms with van der Waals surface area (Å²) < 4.78 is 0. The second-order valence-electron chi connectivity index (χ2n) is 8.69. The van der Waals surface area contributed by atoms with Crippen LogP contribution in [0.1, 0.15) is 36.6 Å². The molecule has 1 atom stereocenters. The lowest BCUT2D eigenvalue weighted by atomic mass is 10.0. The summed E-state index contributed by atoms with van der Waals surface area (Å²) in [6.07, 6.45) is 0.881. The van der Waals surface area contributed by atoms with Crippen LogP contribution in [0.25, 0.3) is 0 Å². The van der Waals surface area contributed by atoms with Crippen molar-refractivity contribution in [2.45, 2.75) is 26.4 Å². The standard InChI is InChI=1S/C26H34ClN5O/c1-4-29(3)11-14-32(20-33)26-10-7-23(18-28)24(17-26)19-30-12-15-31(16-13-30)21(2)22-5-8-25(27)9-6-22/h5-10,17,20-21H,4,11-16,19H2,1-3H3. The number of nitrogens with zero attached hydrogens (tertiary/aromatic N) is 5. The van der Waals surface area contributed by atoms with Crippen molar-refractivity contribution >= 4 is 23.7 Å². The zero-order valence-corrected chi connectivity index (χ0v) is 20.6. The maximum atomic E-state index is 11.7. The van der Waals surface area contributed by atoms with Gasteiger partial charge in [-0.2, -0.15) is 5.26 Å². The first-order chi connectivity index (χ1) is 15.9. The number of anilines is 1. The van der Waals surface area contributed by atoms with Crippen molar-refractivity contribution in [3.05, 3.63) is 64.2 Å². The molecule has 1 fully saturated rings. The first-order valence-corrected chi connectivity index (χ1v) is 12.0. The zero-order chi connectivity index (χ0) is 23.8. The number of likely N-dealkylation sites (N-methyl/N-ethyl adjacent to an activating group) is 1. The molecule has 33 heavy (non-hydrogen) atoms. The third kappa shape index (κ3) is 6.78. The van der Waals surface area contributed by atoms with Crippen LogP contribution in [0.4, 0.5) is 5.69 Å². The van der Waals surface area contributed by atoms with Crippen LogP contribution in [0.5, 0.6) is 0 Å². The molecule has 0 radical (unpaired) electrons. The van der Waals surface area contributed by atoms with Gasteiger partial charge in [0.05, 0.1) is 11.6 Å². The Morgan fingerprint density at radius 2 is 1.82 bits per heavy atom. The summed E-state index contributed by atoms with van der Waals surface area (Å²) in [6.45, 7) is 11.2. The Morgan fingerprint density at radius 1 is 1.12 bits per heavy atom. The van der Waals surface area contributed by atoms with E-state index in [-0.39, 0.29) is 0 Å². The molecule has 1 saturated heterocycles. The molecule has 1 aliphatic heterocycles. The van der Waals surface area contributed by atoms with Crippen LogP contribution in [-0.2, 0) is 11.3 Å². The summed E-state index contributed by atoms with van der Waals surface area (Å²) in [5, 5.41) is 10.4. The molecular weight excluding hydrogens is 434 g/mol. The molecule has 1 aliphatic rings. The highest BCUT2D eigenvalue weighted by atomic mass is 35.5.